The van der Waals surface area contributed by atoms with Crippen LogP contribution in [0.1, 0.15) is 28.6 Å². The molecule has 0 saturated carbocycles. The van der Waals surface area contributed by atoms with E-state index in [1.807, 2.05) is 29.6 Å². The van der Waals surface area contributed by atoms with Gasteiger partial charge in [-0.1, -0.05) is 66.7 Å². The smallest absolute Gasteiger partial charge is 0.165 e. The molecule has 7 heteroatoms. The van der Waals surface area contributed by atoms with Gasteiger partial charge in [-0.05, 0) is 42.7 Å². The monoisotopic (exact) mass is 533 g/mol. The summed E-state index contributed by atoms with van der Waals surface area (Å²) in [5, 5.41) is 4.98. The van der Waals surface area contributed by atoms with Gasteiger partial charge in [0.05, 0.1) is 26.0 Å². The predicted octanol–water partition coefficient (Wildman–Crippen LogP) is 5.94. The number of methoxy groups -OCH3 is 2. The average Bonchev–Trinajstić information content (AvgIpc) is 3.33. The lowest BCUT2D eigenvalue weighted by Crippen LogP contribution is -2.48. The van der Waals surface area contributed by atoms with Gasteiger partial charge in [0.2, 0.25) is 0 Å². The van der Waals surface area contributed by atoms with E-state index in [1.165, 1.54) is 11.1 Å². The molecule has 2 aromatic heterocycles. The zero-order valence-corrected chi connectivity index (χ0v) is 23.5. The van der Waals surface area contributed by atoms with Crippen LogP contribution < -0.4 is 14.4 Å². The molecule has 5 aromatic rings. The van der Waals surface area contributed by atoms with Gasteiger partial charge in [0.25, 0.3) is 0 Å². The molecule has 3 aromatic carbocycles. The summed E-state index contributed by atoms with van der Waals surface area (Å²) in [6.45, 7) is 7.79. The van der Waals surface area contributed by atoms with Crippen molar-refractivity contribution in [3.05, 3.63) is 107 Å². The van der Waals surface area contributed by atoms with Crippen molar-refractivity contribution in [2.24, 2.45) is 0 Å². The lowest BCUT2D eigenvalue weighted by atomic mass is 9.96. The molecule has 1 aliphatic rings. The van der Waals surface area contributed by atoms with Gasteiger partial charge in [-0.15, -0.1) is 0 Å². The fourth-order valence-electron chi connectivity index (χ4n) is 5.87. The minimum atomic E-state index is 0.229. The molecular weight excluding hydrogens is 498 g/mol. The van der Waals surface area contributed by atoms with Gasteiger partial charge in [-0.3, -0.25) is 4.90 Å². The first-order chi connectivity index (χ1) is 19.6. The third-order valence-corrected chi connectivity index (χ3v) is 7.78. The van der Waals surface area contributed by atoms with E-state index in [2.05, 4.69) is 83.5 Å². The molecule has 6 rings (SSSR count). The van der Waals surface area contributed by atoms with E-state index in [4.69, 9.17) is 19.6 Å². The average molecular weight is 534 g/mol. The number of benzene rings is 3. The van der Waals surface area contributed by atoms with Crippen LogP contribution in [0.2, 0.25) is 0 Å². The second-order valence-corrected chi connectivity index (χ2v) is 10.3. The van der Waals surface area contributed by atoms with Crippen LogP contribution in [0.3, 0.4) is 0 Å². The van der Waals surface area contributed by atoms with E-state index in [0.717, 1.165) is 60.2 Å². The van der Waals surface area contributed by atoms with Crippen molar-refractivity contribution in [2.45, 2.75) is 19.9 Å². The van der Waals surface area contributed by atoms with Crippen molar-refractivity contribution < 1.29 is 9.47 Å². The number of hydrogen-bond acceptors (Lipinski definition) is 6. The van der Waals surface area contributed by atoms with Crippen LogP contribution >= 0.6 is 0 Å². The van der Waals surface area contributed by atoms with Crippen LogP contribution in [-0.4, -0.2) is 59.9 Å². The maximum Gasteiger partial charge on any atom is 0.165 e. The number of ether oxygens (including phenoxy) is 2. The first-order valence-corrected chi connectivity index (χ1v) is 13.8. The number of nitrogens with zero attached hydrogens (tertiary/aromatic N) is 5. The van der Waals surface area contributed by atoms with Crippen molar-refractivity contribution in [3.8, 4) is 22.6 Å². The summed E-state index contributed by atoms with van der Waals surface area (Å²) in [6.07, 6.45) is 0. The molecule has 0 radical (unpaired) electrons. The Balaban J connectivity index is 1.32. The topological polar surface area (TPSA) is 55.1 Å². The molecule has 1 saturated heterocycles. The lowest BCUT2D eigenvalue weighted by Gasteiger charge is -2.40. The third kappa shape index (κ3) is 4.77. The van der Waals surface area contributed by atoms with E-state index in [0.29, 0.717) is 11.5 Å². The van der Waals surface area contributed by atoms with E-state index >= 15 is 0 Å². The molecule has 0 atom stereocenters. The third-order valence-electron chi connectivity index (χ3n) is 7.78. The normalized spacial score (nSPS) is 14.2. The molecule has 1 fully saturated rings. The predicted molar refractivity (Wildman–Crippen MR) is 160 cm³/mol. The fourth-order valence-corrected chi connectivity index (χ4v) is 5.87. The summed E-state index contributed by atoms with van der Waals surface area (Å²) in [5.41, 5.74) is 7.42. The molecule has 3 heterocycles. The van der Waals surface area contributed by atoms with Crippen LogP contribution in [-0.2, 0) is 0 Å². The largest absolute Gasteiger partial charge is 0.493 e. The van der Waals surface area contributed by atoms with Crippen LogP contribution in [0.25, 0.3) is 16.8 Å². The number of piperazine rings is 1. The number of rotatable bonds is 7. The van der Waals surface area contributed by atoms with Crippen molar-refractivity contribution >= 4 is 11.5 Å². The van der Waals surface area contributed by atoms with Gasteiger partial charge in [-0.2, -0.15) is 9.61 Å². The van der Waals surface area contributed by atoms with Crippen molar-refractivity contribution in [2.75, 3.05) is 45.3 Å². The highest BCUT2D eigenvalue weighted by Crippen LogP contribution is 2.37. The molecular formula is C33H35N5O2. The van der Waals surface area contributed by atoms with Gasteiger partial charge >= 0.3 is 0 Å². The molecule has 40 heavy (non-hydrogen) atoms. The van der Waals surface area contributed by atoms with Crippen molar-refractivity contribution in [3.63, 3.8) is 0 Å². The van der Waals surface area contributed by atoms with Crippen LogP contribution in [0.15, 0.2) is 84.9 Å². The highest BCUT2D eigenvalue weighted by molar-refractivity contribution is 5.82. The summed E-state index contributed by atoms with van der Waals surface area (Å²) in [7, 11) is 3.31. The van der Waals surface area contributed by atoms with E-state index < -0.39 is 0 Å². The fraction of sp³-hybridized carbons (Fsp3) is 0.273. The molecule has 0 amide bonds. The summed E-state index contributed by atoms with van der Waals surface area (Å²) in [4.78, 5) is 9.97. The highest BCUT2D eigenvalue weighted by atomic mass is 16.5. The Kier molecular flexibility index (Phi) is 7.13. The van der Waals surface area contributed by atoms with Gasteiger partial charge in [0.1, 0.15) is 5.82 Å². The first kappa shape index (κ1) is 25.9. The number of hydrogen-bond donors (Lipinski definition) is 0. The summed E-state index contributed by atoms with van der Waals surface area (Å²) >= 11 is 0. The Hall–Kier alpha value is -4.36. The molecule has 0 spiro atoms. The Morgan fingerprint density at radius 1 is 0.725 bits per heavy atom. The maximum atomic E-state index is 5.58. The molecule has 7 nitrogen and oxygen atoms in total. The zero-order valence-electron chi connectivity index (χ0n) is 23.5. The van der Waals surface area contributed by atoms with E-state index in [-0.39, 0.29) is 6.04 Å². The van der Waals surface area contributed by atoms with Crippen LogP contribution in [0, 0.1) is 13.8 Å². The van der Waals surface area contributed by atoms with Gasteiger partial charge in [0, 0.05) is 43.5 Å². The molecule has 0 aliphatic carbocycles. The first-order valence-electron chi connectivity index (χ1n) is 13.8. The van der Waals surface area contributed by atoms with E-state index in [1.54, 1.807) is 14.2 Å². The Labute approximate surface area is 235 Å². The lowest BCUT2D eigenvalue weighted by molar-refractivity contribution is 0.211. The number of aromatic nitrogens is 3. The zero-order chi connectivity index (χ0) is 27.6. The number of anilines is 1. The quantitative estimate of drug-likeness (QED) is 0.258. The minimum Gasteiger partial charge on any atom is -0.493 e. The maximum absolute atomic E-state index is 5.58. The Morgan fingerprint density at radius 3 is 1.95 bits per heavy atom. The minimum absolute atomic E-state index is 0.229. The van der Waals surface area contributed by atoms with Gasteiger partial charge < -0.3 is 14.4 Å². The van der Waals surface area contributed by atoms with Gasteiger partial charge in [-0.25, -0.2) is 4.98 Å². The van der Waals surface area contributed by atoms with Crippen molar-refractivity contribution in [1.29, 1.82) is 0 Å². The van der Waals surface area contributed by atoms with Crippen LogP contribution in [0.4, 0.5) is 5.82 Å². The Bertz CT molecular complexity index is 1570. The standard InChI is InChI=1S/C33H35N5O2/c1-23-21-30(38-33(34-23)31(24(2)35-38)27-15-16-28(39-3)29(22-27)40-4)36-17-19-37(20-18-36)32(25-11-7-5-8-12-25)26-13-9-6-10-14-26/h5-16,21-22,32H,17-20H2,1-4H3. The summed E-state index contributed by atoms with van der Waals surface area (Å²) < 4.78 is 13.0. The van der Waals surface area contributed by atoms with Crippen molar-refractivity contribution in [1.82, 2.24) is 19.5 Å². The molecule has 0 bridgehead atoms. The molecule has 0 N–H and O–H groups in total. The molecule has 204 valence electrons. The SMILES string of the molecule is COc1ccc(-c2c(C)nn3c(N4CCN(C(c5ccccc5)c5ccccc5)CC4)cc(C)nc23)cc1OC. The summed E-state index contributed by atoms with van der Waals surface area (Å²) in [6, 6.07) is 30.0. The number of fused-ring (bicyclic) bond motifs is 1. The number of aryl methyl sites for hydroxylation is 2. The molecule has 0 unspecified atom stereocenters. The second-order valence-electron chi connectivity index (χ2n) is 10.3. The second kappa shape index (κ2) is 11.0. The van der Waals surface area contributed by atoms with Crippen LogP contribution in [0.5, 0.6) is 11.5 Å². The van der Waals surface area contributed by atoms with Gasteiger partial charge in [0.15, 0.2) is 17.1 Å². The summed E-state index contributed by atoms with van der Waals surface area (Å²) in [5.74, 6) is 2.47. The Morgan fingerprint density at radius 2 is 1.35 bits per heavy atom. The molecule has 1 aliphatic heterocycles. The highest BCUT2D eigenvalue weighted by Gasteiger charge is 2.28. The van der Waals surface area contributed by atoms with E-state index in [9.17, 15) is 0 Å².